The highest BCUT2D eigenvalue weighted by Gasteiger charge is 2.19. The van der Waals surface area contributed by atoms with E-state index < -0.39 is 10.0 Å². The van der Waals surface area contributed by atoms with Gasteiger partial charge < -0.3 is 10.6 Å². The third-order valence-corrected chi connectivity index (χ3v) is 4.69. The second kappa shape index (κ2) is 6.56. The summed E-state index contributed by atoms with van der Waals surface area (Å²) in [5.74, 6) is 0. The summed E-state index contributed by atoms with van der Waals surface area (Å²) in [5.41, 5.74) is 0.936. The Hall–Kier alpha value is -1.11. The predicted octanol–water partition coefficient (Wildman–Crippen LogP) is 1.54. The number of anilines is 1. The largest absolute Gasteiger partial charge is 0.384 e. The molecule has 0 amide bonds. The molecular formula is C14H23N3O2S. The predicted molar refractivity (Wildman–Crippen MR) is 81.4 cm³/mol. The maximum absolute atomic E-state index is 12.0. The van der Waals surface area contributed by atoms with E-state index in [1.165, 1.54) is 12.8 Å². The number of hydrogen-bond acceptors (Lipinski definition) is 4. The van der Waals surface area contributed by atoms with E-state index in [0.717, 1.165) is 18.8 Å². The van der Waals surface area contributed by atoms with Crippen molar-refractivity contribution in [1.82, 2.24) is 10.0 Å². The molecule has 1 aliphatic rings. The second-order valence-corrected chi connectivity index (χ2v) is 7.17. The number of sulfonamides is 1. The van der Waals surface area contributed by atoms with E-state index in [9.17, 15) is 8.42 Å². The Kier molecular flexibility index (Phi) is 5.01. The molecule has 3 N–H and O–H groups in total. The van der Waals surface area contributed by atoms with Crippen LogP contribution < -0.4 is 15.4 Å². The van der Waals surface area contributed by atoms with Crippen molar-refractivity contribution in [3.05, 3.63) is 24.3 Å². The molecule has 1 aromatic rings. The van der Waals surface area contributed by atoms with Gasteiger partial charge in [-0.15, -0.1) is 0 Å². The summed E-state index contributed by atoms with van der Waals surface area (Å²) in [5, 5.41) is 6.69. The normalized spacial score (nSPS) is 15.6. The summed E-state index contributed by atoms with van der Waals surface area (Å²) in [4.78, 5) is 0.299. The van der Waals surface area contributed by atoms with Gasteiger partial charge in [0, 0.05) is 30.9 Å². The van der Waals surface area contributed by atoms with Gasteiger partial charge in [0.15, 0.2) is 0 Å². The van der Waals surface area contributed by atoms with Gasteiger partial charge in [-0.3, -0.25) is 0 Å². The molecule has 0 unspecified atom stereocenters. The fourth-order valence-electron chi connectivity index (χ4n) is 1.90. The minimum Gasteiger partial charge on any atom is -0.384 e. The molecule has 0 spiro atoms. The van der Waals surface area contributed by atoms with Gasteiger partial charge in [0.1, 0.15) is 0 Å². The molecule has 0 radical (unpaired) electrons. The van der Waals surface area contributed by atoms with Crippen molar-refractivity contribution < 1.29 is 8.42 Å². The van der Waals surface area contributed by atoms with Crippen LogP contribution in [0, 0.1) is 0 Å². The fraction of sp³-hybridized carbons (Fsp3) is 0.571. The van der Waals surface area contributed by atoms with Crippen molar-refractivity contribution in [3.63, 3.8) is 0 Å². The maximum Gasteiger partial charge on any atom is 0.240 e. The van der Waals surface area contributed by atoms with E-state index >= 15 is 0 Å². The van der Waals surface area contributed by atoms with Crippen molar-refractivity contribution in [2.45, 2.75) is 43.7 Å². The smallest absolute Gasteiger partial charge is 0.240 e. The summed E-state index contributed by atoms with van der Waals surface area (Å²) in [7, 11) is -3.39. The lowest BCUT2D eigenvalue weighted by molar-refractivity contribution is 0.570. The first-order valence-electron chi connectivity index (χ1n) is 7.07. The number of nitrogens with one attached hydrogen (secondary N) is 3. The minimum absolute atomic E-state index is 0.105. The summed E-state index contributed by atoms with van der Waals surface area (Å²) >= 11 is 0. The van der Waals surface area contributed by atoms with Crippen molar-refractivity contribution in [3.8, 4) is 0 Å². The zero-order valence-corrected chi connectivity index (χ0v) is 12.8. The first kappa shape index (κ1) is 15.3. The Labute approximate surface area is 121 Å². The van der Waals surface area contributed by atoms with Crippen LogP contribution in [0.5, 0.6) is 0 Å². The zero-order chi connectivity index (χ0) is 14.6. The molecule has 0 aromatic heterocycles. The van der Waals surface area contributed by atoms with Crippen LogP contribution in [0.25, 0.3) is 0 Å². The quantitative estimate of drug-likeness (QED) is 0.637. The summed E-state index contributed by atoms with van der Waals surface area (Å²) in [6.45, 7) is 5.38. The molecule has 20 heavy (non-hydrogen) atoms. The summed E-state index contributed by atoms with van der Waals surface area (Å²) in [6.07, 6.45) is 2.57. The molecule has 0 atom stereocenters. The zero-order valence-electron chi connectivity index (χ0n) is 12.0. The highest BCUT2D eigenvalue weighted by atomic mass is 32.2. The van der Waals surface area contributed by atoms with Gasteiger partial charge >= 0.3 is 0 Å². The molecule has 0 heterocycles. The topological polar surface area (TPSA) is 70.2 Å². The third-order valence-electron chi connectivity index (χ3n) is 3.02. The molecule has 0 saturated heterocycles. The molecule has 112 valence electrons. The standard InChI is InChI=1S/C14H23N3O2S/c1-11(2)17-20(18,19)14-7-5-13(6-8-14)16-10-9-15-12-3-4-12/h5-8,11-12,15-17H,3-4,9-10H2,1-2H3. The van der Waals surface area contributed by atoms with Crippen LogP contribution in [0.2, 0.25) is 0 Å². The van der Waals surface area contributed by atoms with Gasteiger partial charge in [-0.05, 0) is 51.0 Å². The molecule has 2 rings (SSSR count). The monoisotopic (exact) mass is 297 g/mol. The van der Waals surface area contributed by atoms with Gasteiger partial charge in [-0.25, -0.2) is 13.1 Å². The molecule has 0 aliphatic heterocycles. The van der Waals surface area contributed by atoms with E-state index in [4.69, 9.17) is 0 Å². The van der Waals surface area contributed by atoms with Crippen LogP contribution >= 0.6 is 0 Å². The Morgan fingerprint density at radius 2 is 1.80 bits per heavy atom. The lowest BCUT2D eigenvalue weighted by Gasteiger charge is -2.11. The molecule has 1 fully saturated rings. The average Bonchev–Trinajstić information content (AvgIpc) is 3.18. The van der Waals surface area contributed by atoms with Gasteiger partial charge in [0.05, 0.1) is 4.90 Å². The van der Waals surface area contributed by atoms with Gasteiger partial charge in [-0.1, -0.05) is 0 Å². The highest BCUT2D eigenvalue weighted by molar-refractivity contribution is 7.89. The molecule has 5 nitrogen and oxygen atoms in total. The molecule has 1 saturated carbocycles. The van der Waals surface area contributed by atoms with Gasteiger partial charge in [-0.2, -0.15) is 0 Å². The first-order chi connectivity index (χ1) is 9.47. The molecule has 1 aromatic carbocycles. The van der Waals surface area contributed by atoms with E-state index in [1.807, 2.05) is 0 Å². The SMILES string of the molecule is CC(C)NS(=O)(=O)c1ccc(NCCNC2CC2)cc1. The molecule has 6 heteroatoms. The van der Waals surface area contributed by atoms with E-state index in [0.29, 0.717) is 10.9 Å². The van der Waals surface area contributed by atoms with E-state index in [-0.39, 0.29) is 6.04 Å². The molecular weight excluding hydrogens is 274 g/mol. The van der Waals surface area contributed by atoms with Crippen LogP contribution in [-0.4, -0.2) is 33.6 Å². The Bertz CT molecular complexity index is 522. The van der Waals surface area contributed by atoms with Crippen molar-refractivity contribution in [2.24, 2.45) is 0 Å². The number of rotatable bonds is 8. The third kappa shape index (κ3) is 4.77. The van der Waals surface area contributed by atoms with Crippen LogP contribution in [0.4, 0.5) is 5.69 Å². The molecule has 1 aliphatic carbocycles. The Morgan fingerprint density at radius 1 is 1.15 bits per heavy atom. The van der Waals surface area contributed by atoms with Crippen LogP contribution in [0.15, 0.2) is 29.2 Å². The Morgan fingerprint density at radius 3 is 2.35 bits per heavy atom. The minimum atomic E-state index is -3.39. The highest BCUT2D eigenvalue weighted by Crippen LogP contribution is 2.18. The second-order valence-electron chi connectivity index (χ2n) is 5.46. The van der Waals surface area contributed by atoms with Crippen molar-refractivity contribution >= 4 is 15.7 Å². The van der Waals surface area contributed by atoms with Gasteiger partial charge in [0.2, 0.25) is 10.0 Å². The van der Waals surface area contributed by atoms with E-state index in [2.05, 4.69) is 15.4 Å². The number of benzene rings is 1. The summed E-state index contributed by atoms with van der Waals surface area (Å²) in [6, 6.07) is 7.46. The Balaban J connectivity index is 1.85. The summed E-state index contributed by atoms with van der Waals surface area (Å²) < 4.78 is 26.5. The molecule has 0 bridgehead atoms. The van der Waals surface area contributed by atoms with Crippen LogP contribution in [0.3, 0.4) is 0 Å². The van der Waals surface area contributed by atoms with Crippen molar-refractivity contribution in [1.29, 1.82) is 0 Å². The maximum atomic E-state index is 12.0. The van der Waals surface area contributed by atoms with Crippen molar-refractivity contribution in [2.75, 3.05) is 18.4 Å². The van der Waals surface area contributed by atoms with E-state index in [1.54, 1.807) is 38.1 Å². The average molecular weight is 297 g/mol. The van der Waals surface area contributed by atoms with Gasteiger partial charge in [0.25, 0.3) is 0 Å². The first-order valence-corrected chi connectivity index (χ1v) is 8.55. The fourth-order valence-corrected chi connectivity index (χ4v) is 3.15. The van der Waals surface area contributed by atoms with Crippen LogP contribution in [-0.2, 0) is 10.0 Å². The lowest BCUT2D eigenvalue weighted by Crippen LogP contribution is -2.30. The lowest BCUT2D eigenvalue weighted by atomic mass is 10.3. The van der Waals surface area contributed by atoms with Crippen LogP contribution in [0.1, 0.15) is 26.7 Å². The number of hydrogen-bond donors (Lipinski definition) is 3.